The molecule has 1 heterocycles. The normalized spacial score (nSPS) is 10.5. The molecule has 0 aliphatic rings. The van der Waals surface area contributed by atoms with Crippen molar-refractivity contribution in [2.45, 2.75) is 20.8 Å². The van der Waals surface area contributed by atoms with Crippen LogP contribution in [0.15, 0.2) is 61.3 Å². The van der Waals surface area contributed by atoms with E-state index in [0.29, 0.717) is 0 Å². The molecule has 22 heavy (non-hydrogen) atoms. The van der Waals surface area contributed by atoms with Gasteiger partial charge in [-0.15, -0.1) is 0 Å². The quantitative estimate of drug-likeness (QED) is 0.839. The molecule has 0 amide bonds. The molecular weight excluding hydrogens is 270 g/mol. The summed E-state index contributed by atoms with van der Waals surface area (Å²) in [5.41, 5.74) is 3.63. The van der Waals surface area contributed by atoms with Crippen LogP contribution in [0.4, 0.5) is 0 Å². The lowest BCUT2D eigenvalue weighted by atomic mass is 10.1. The molecule has 3 nitrogen and oxygen atoms in total. The van der Waals surface area contributed by atoms with E-state index in [9.17, 15) is 0 Å². The molecule has 0 fully saturated rings. The molecule has 0 aliphatic carbocycles. The van der Waals surface area contributed by atoms with E-state index >= 15 is 0 Å². The van der Waals surface area contributed by atoms with Crippen molar-refractivity contribution in [2.75, 3.05) is 14.1 Å². The highest BCUT2D eigenvalue weighted by atomic mass is 14.8. The van der Waals surface area contributed by atoms with E-state index in [1.54, 1.807) is 12.3 Å². The highest BCUT2D eigenvalue weighted by Gasteiger charge is 2.01. The maximum absolute atomic E-state index is 4.56. The fourth-order valence-electron chi connectivity index (χ4n) is 1.55. The van der Waals surface area contributed by atoms with Gasteiger partial charge in [0.2, 0.25) is 0 Å². The number of allylic oxidation sites excluding steroid dienone is 5. The molecule has 1 aromatic carbocycles. The second kappa shape index (κ2) is 12.5. The van der Waals surface area contributed by atoms with Crippen LogP contribution in [-0.4, -0.2) is 24.1 Å². The van der Waals surface area contributed by atoms with E-state index in [-0.39, 0.29) is 0 Å². The summed E-state index contributed by atoms with van der Waals surface area (Å²) in [5, 5.41) is 2.75. The third-order valence-corrected chi connectivity index (χ3v) is 2.43. The van der Waals surface area contributed by atoms with Crippen molar-refractivity contribution in [3.63, 3.8) is 0 Å². The van der Waals surface area contributed by atoms with E-state index in [1.807, 2.05) is 77.4 Å². The zero-order valence-electron chi connectivity index (χ0n) is 14.3. The van der Waals surface area contributed by atoms with E-state index in [2.05, 4.69) is 21.9 Å². The molecule has 2 aromatic rings. The van der Waals surface area contributed by atoms with Crippen molar-refractivity contribution in [1.29, 1.82) is 0 Å². The number of hydrogen-bond donors (Lipinski definition) is 1. The van der Waals surface area contributed by atoms with Crippen LogP contribution in [0.25, 0.3) is 16.6 Å². The number of aromatic nitrogens is 2. The van der Waals surface area contributed by atoms with Gasteiger partial charge in [-0.3, -0.25) is 4.98 Å². The summed E-state index contributed by atoms with van der Waals surface area (Å²) in [5.74, 6) is 0. The van der Waals surface area contributed by atoms with E-state index in [4.69, 9.17) is 0 Å². The molecule has 1 aromatic heterocycles. The molecule has 118 valence electrons. The molecule has 3 heteroatoms. The number of benzene rings is 1. The maximum atomic E-state index is 4.56. The van der Waals surface area contributed by atoms with Crippen molar-refractivity contribution in [2.24, 2.45) is 0 Å². The summed E-state index contributed by atoms with van der Waals surface area (Å²) in [6, 6.07) is 7.84. The number of nitrogens with one attached hydrogen (secondary N) is 1. The minimum absolute atomic E-state index is 0.844. The Balaban J connectivity index is 0.000000789. The van der Waals surface area contributed by atoms with Crippen LogP contribution in [-0.2, 0) is 0 Å². The van der Waals surface area contributed by atoms with Gasteiger partial charge in [-0.1, -0.05) is 56.9 Å². The average Bonchev–Trinajstić information content (AvgIpc) is 2.58. The molecule has 0 saturated heterocycles. The van der Waals surface area contributed by atoms with Gasteiger partial charge < -0.3 is 5.32 Å². The molecular formula is C19H27N3. The first-order valence-corrected chi connectivity index (χ1v) is 7.52. The number of nitrogens with zero attached hydrogens (tertiary/aromatic N) is 2. The van der Waals surface area contributed by atoms with Crippen LogP contribution in [0.5, 0.6) is 0 Å². The van der Waals surface area contributed by atoms with Crippen LogP contribution < -0.4 is 5.32 Å². The summed E-state index contributed by atoms with van der Waals surface area (Å²) in [6.45, 7) is 9.78. The predicted molar refractivity (Wildman–Crippen MR) is 98.9 cm³/mol. The molecule has 0 spiro atoms. The lowest BCUT2D eigenvalue weighted by Crippen LogP contribution is -1.90. The minimum Gasteiger partial charge on any atom is -0.323 e. The minimum atomic E-state index is 0.844. The third-order valence-electron chi connectivity index (χ3n) is 2.43. The molecule has 0 aliphatic heterocycles. The number of hydrogen-bond acceptors (Lipinski definition) is 3. The summed E-state index contributed by atoms with van der Waals surface area (Å²) < 4.78 is 0. The SMILES string of the molecule is C=C/C(=C\C=C/C)c1cnc2ccccc2n1.CC.CNC. The number of rotatable bonds is 3. The fraction of sp³-hybridized carbons (Fsp3) is 0.263. The summed E-state index contributed by atoms with van der Waals surface area (Å²) in [4.78, 5) is 8.95. The topological polar surface area (TPSA) is 37.8 Å². The molecule has 0 unspecified atom stereocenters. The largest absolute Gasteiger partial charge is 0.323 e. The first kappa shape index (κ1) is 19.7. The maximum Gasteiger partial charge on any atom is 0.0894 e. The highest BCUT2D eigenvalue weighted by Crippen LogP contribution is 2.16. The van der Waals surface area contributed by atoms with Gasteiger partial charge in [0.05, 0.1) is 22.9 Å². The summed E-state index contributed by atoms with van der Waals surface area (Å²) in [6.07, 6.45) is 9.48. The zero-order valence-corrected chi connectivity index (χ0v) is 14.3. The Morgan fingerprint density at radius 1 is 1.14 bits per heavy atom. The van der Waals surface area contributed by atoms with Crippen LogP contribution >= 0.6 is 0 Å². The Hall–Kier alpha value is -2.26. The van der Waals surface area contributed by atoms with Crippen molar-refractivity contribution in [3.05, 3.63) is 67.0 Å². The third kappa shape index (κ3) is 6.46. The average molecular weight is 297 g/mol. The van der Waals surface area contributed by atoms with Gasteiger partial charge in [-0.25, -0.2) is 4.98 Å². The fourth-order valence-corrected chi connectivity index (χ4v) is 1.55. The summed E-state index contributed by atoms with van der Waals surface area (Å²) >= 11 is 0. The standard InChI is InChI=1S/C15H14N2.C2H7N.C2H6/c1-3-5-8-12(4-2)15-11-16-13-9-6-7-10-14(13)17-15;1-3-2;1-2/h3-11H,2H2,1H3;3H,1-2H3;1-2H3/b5-3-,12-8+;;. The van der Waals surface area contributed by atoms with Gasteiger partial charge in [-0.05, 0) is 33.2 Å². The van der Waals surface area contributed by atoms with Crippen molar-refractivity contribution >= 4 is 16.6 Å². The molecule has 0 atom stereocenters. The number of para-hydroxylation sites is 2. The molecule has 0 radical (unpaired) electrons. The highest BCUT2D eigenvalue weighted by molar-refractivity contribution is 5.79. The van der Waals surface area contributed by atoms with Gasteiger partial charge in [-0.2, -0.15) is 0 Å². The van der Waals surface area contributed by atoms with Gasteiger partial charge in [0.15, 0.2) is 0 Å². The first-order valence-electron chi connectivity index (χ1n) is 7.52. The van der Waals surface area contributed by atoms with Crippen molar-refractivity contribution in [3.8, 4) is 0 Å². The van der Waals surface area contributed by atoms with Crippen molar-refractivity contribution < 1.29 is 0 Å². The second-order valence-electron chi connectivity index (χ2n) is 4.10. The van der Waals surface area contributed by atoms with Gasteiger partial charge >= 0.3 is 0 Å². The Kier molecular flexibility index (Phi) is 11.2. The summed E-state index contributed by atoms with van der Waals surface area (Å²) in [7, 11) is 3.75. The molecule has 0 saturated carbocycles. The van der Waals surface area contributed by atoms with E-state index < -0.39 is 0 Å². The first-order chi connectivity index (χ1) is 10.8. The van der Waals surface area contributed by atoms with E-state index in [1.165, 1.54) is 0 Å². The van der Waals surface area contributed by atoms with E-state index in [0.717, 1.165) is 22.3 Å². The number of fused-ring (bicyclic) bond motifs is 1. The smallest absolute Gasteiger partial charge is 0.0894 e. The predicted octanol–water partition coefficient (Wildman–Crippen LogP) is 4.64. The monoisotopic (exact) mass is 297 g/mol. The zero-order chi connectivity index (χ0) is 16.8. The lowest BCUT2D eigenvalue weighted by molar-refractivity contribution is 1.02. The second-order valence-corrected chi connectivity index (χ2v) is 4.10. The van der Waals surface area contributed by atoms with Crippen LogP contribution in [0.1, 0.15) is 26.5 Å². The van der Waals surface area contributed by atoms with Crippen LogP contribution in [0.3, 0.4) is 0 Å². The molecule has 2 rings (SSSR count). The molecule has 1 N–H and O–H groups in total. The Bertz CT molecular complexity index is 613. The van der Waals surface area contributed by atoms with Crippen molar-refractivity contribution in [1.82, 2.24) is 15.3 Å². The lowest BCUT2D eigenvalue weighted by Gasteiger charge is -2.02. The van der Waals surface area contributed by atoms with Gasteiger partial charge in [0, 0.05) is 5.57 Å². The van der Waals surface area contributed by atoms with Gasteiger partial charge in [0.25, 0.3) is 0 Å². The molecule has 0 bridgehead atoms. The Labute approximate surface area is 134 Å². The Morgan fingerprint density at radius 2 is 1.73 bits per heavy atom. The van der Waals surface area contributed by atoms with Gasteiger partial charge in [0.1, 0.15) is 0 Å². The van der Waals surface area contributed by atoms with Crippen LogP contribution in [0, 0.1) is 0 Å². The van der Waals surface area contributed by atoms with Crippen LogP contribution in [0.2, 0.25) is 0 Å². The Morgan fingerprint density at radius 3 is 2.27 bits per heavy atom.